The summed E-state index contributed by atoms with van der Waals surface area (Å²) in [5, 5.41) is 8.07. The molecule has 5 rings (SSSR count). The van der Waals surface area contributed by atoms with E-state index in [1.807, 2.05) is 59.3 Å². The van der Waals surface area contributed by atoms with Crippen molar-refractivity contribution in [1.29, 1.82) is 0 Å². The lowest BCUT2D eigenvalue weighted by molar-refractivity contribution is -0.117. The summed E-state index contributed by atoms with van der Waals surface area (Å²) in [6, 6.07) is 17.7. The van der Waals surface area contributed by atoms with E-state index in [4.69, 9.17) is 19.2 Å². The normalized spacial score (nSPS) is 11.1. The smallest absolute Gasteiger partial charge is 0.356 e. The highest BCUT2D eigenvalue weighted by atomic mass is 16.5. The highest BCUT2D eigenvalue weighted by molar-refractivity contribution is 6.11. The lowest BCUT2D eigenvalue weighted by Crippen LogP contribution is -2.18. The number of nitrogens with one attached hydrogen (secondary N) is 3. The fourth-order valence-corrected chi connectivity index (χ4v) is 4.93. The Morgan fingerprint density at radius 1 is 1.02 bits per heavy atom. The molecule has 0 radical (unpaired) electrons. The Balaban J connectivity index is 1.53. The third kappa shape index (κ3) is 6.02. The van der Waals surface area contributed by atoms with Gasteiger partial charge >= 0.3 is 5.97 Å². The van der Waals surface area contributed by atoms with Gasteiger partial charge in [-0.1, -0.05) is 30.3 Å². The molecule has 3 heterocycles. The van der Waals surface area contributed by atoms with Crippen molar-refractivity contribution in [3.05, 3.63) is 83.8 Å². The van der Waals surface area contributed by atoms with Gasteiger partial charge in [-0.2, -0.15) is 0 Å². The average molecular weight is 556 g/mol. The first-order valence-corrected chi connectivity index (χ1v) is 13.3. The lowest BCUT2D eigenvalue weighted by Gasteiger charge is -2.11. The summed E-state index contributed by atoms with van der Waals surface area (Å²) in [6.07, 6.45) is 4.48. The second kappa shape index (κ2) is 12.6. The number of aromatic amines is 1. The number of pyridine rings is 1. The molecule has 0 aliphatic rings. The topological polar surface area (TPSA) is 120 Å². The van der Waals surface area contributed by atoms with Gasteiger partial charge in [0.2, 0.25) is 5.91 Å². The summed E-state index contributed by atoms with van der Waals surface area (Å²) < 4.78 is 17.4. The number of carbonyl (C=O) groups is 2. The molecule has 10 heteroatoms. The van der Waals surface area contributed by atoms with Crippen LogP contribution in [0.15, 0.2) is 67.0 Å². The zero-order valence-electron chi connectivity index (χ0n) is 23.3. The van der Waals surface area contributed by atoms with E-state index in [-0.39, 0.29) is 24.6 Å². The van der Waals surface area contributed by atoms with Crippen LogP contribution < -0.4 is 15.4 Å². The number of methoxy groups -OCH3 is 3. The number of esters is 1. The molecule has 212 valence electrons. The Hall–Kier alpha value is -4.83. The second-order valence-electron chi connectivity index (χ2n) is 9.57. The quantitative estimate of drug-likeness (QED) is 0.182. The minimum atomic E-state index is -0.560. The molecule has 0 saturated heterocycles. The van der Waals surface area contributed by atoms with Gasteiger partial charge in [0.05, 0.1) is 44.8 Å². The van der Waals surface area contributed by atoms with Crippen molar-refractivity contribution in [2.75, 3.05) is 38.6 Å². The maximum Gasteiger partial charge on any atom is 0.356 e. The first kappa shape index (κ1) is 27.7. The molecule has 0 atom stereocenters. The van der Waals surface area contributed by atoms with Crippen LogP contribution in [0.3, 0.4) is 0 Å². The van der Waals surface area contributed by atoms with Crippen LogP contribution in [0.25, 0.3) is 21.9 Å². The second-order valence-corrected chi connectivity index (χ2v) is 9.57. The number of amides is 1. The van der Waals surface area contributed by atoms with Crippen molar-refractivity contribution < 1.29 is 23.8 Å². The van der Waals surface area contributed by atoms with Crippen LogP contribution in [-0.4, -0.2) is 54.3 Å². The highest BCUT2D eigenvalue weighted by Crippen LogP contribution is 2.33. The van der Waals surface area contributed by atoms with Crippen LogP contribution in [-0.2, 0) is 33.8 Å². The number of fused-ring (bicyclic) bond motifs is 2. The minimum Gasteiger partial charge on any atom is -0.497 e. The first-order valence-electron chi connectivity index (χ1n) is 13.3. The molecule has 0 unspecified atom stereocenters. The van der Waals surface area contributed by atoms with Crippen molar-refractivity contribution in [2.24, 2.45) is 0 Å². The number of hydrogen-bond donors (Lipinski definition) is 3. The number of carbonyl (C=O) groups excluding carboxylic acids is 2. The van der Waals surface area contributed by atoms with Crippen LogP contribution in [0, 0.1) is 0 Å². The molecule has 0 fully saturated rings. The Kier molecular flexibility index (Phi) is 8.50. The zero-order valence-corrected chi connectivity index (χ0v) is 23.3. The largest absolute Gasteiger partial charge is 0.497 e. The Morgan fingerprint density at radius 2 is 1.88 bits per heavy atom. The standard InChI is InChI=1S/C31H33N5O5/c1-39-14-12-27(37)35-28-25-16-22(32-17-20-7-6-8-23(15-20)40-2)19-34-30(25)36(29(28)31(38)41-3)13-11-21-18-33-26-10-5-4-9-24(21)26/h4-10,15-16,18-19,32-33H,11-14,17H2,1-3H3,(H,35,37). The third-order valence-corrected chi connectivity index (χ3v) is 6.99. The van der Waals surface area contributed by atoms with E-state index in [2.05, 4.69) is 21.7 Å². The van der Waals surface area contributed by atoms with Gasteiger partial charge in [-0.15, -0.1) is 0 Å². The van der Waals surface area contributed by atoms with E-state index < -0.39 is 5.97 Å². The predicted octanol–water partition coefficient (Wildman–Crippen LogP) is 5.14. The van der Waals surface area contributed by atoms with Gasteiger partial charge in [-0.3, -0.25) is 4.79 Å². The van der Waals surface area contributed by atoms with Gasteiger partial charge in [0.25, 0.3) is 0 Å². The summed E-state index contributed by atoms with van der Waals surface area (Å²) >= 11 is 0. The number of benzene rings is 2. The van der Waals surface area contributed by atoms with E-state index >= 15 is 0 Å². The summed E-state index contributed by atoms with van der Waals surface area (Å²) in [5.41, 5.74) is 5.10. The van der Waals surface area contributed by atoms with Gasteiger partial charge in [-0.05, 0) is 41.8 Å². The summed E-state index contributed by atoms with van der Waals surface area (Å²) in [6.45, 7) is 1.23. The van der Waals surface area contributed by atoms with Crippen molar-refractivity contribution in [3.8, 4) is 5.75 Å². The van der Waals surface area contributed by atoms with E-state index in [1.165, 1.54) is 14.2 Å². The maximum absolute atomic E-state index is 13.2. The number of ether oxygens (including phenoxy) is 3. The Bertz CT molecular complexity index is 1690. The summed E-state index contributed by atoms with van der Waals surface area (Å²) in [5.74, 6) is -0.0637. The number of para-hydroxylation sites is 1. The number of anilines is 2. The molecule has 10 nitrogen and oxygen atoms in total. The highest BCUT2D eigenvalue weighted by Gasteiger charge is 2.26. The Morgan fingerprint density at radius 3 is 2.68 bits per heavy atom. The van der Waals surface area contributed by atoms with Gasteiger partial charge in [-0.25, -0.2) is 9.78 Å². The molecule has 2 aromatic carbocycles. The molecule has 0 spiro atoms. The van der Waals surface area contributed by atoms with Crippen molar-refractivity contribution in [3.63, 3.8) is 0 Å². The molecule has 0 saturated carbocycles. The number of aromatic nitrogens is 3. The maximum atomic E-state index is 13.2. The number of rotatable bonds is 12. The number of nitrogens with zero attached hydrogens (tertiary/aromatic N) is 2. The monoisotopic (exact) mass is 555 g/mol. The molecule has 0 bridgehead atoms. The van der Waals surface area contributed by atoms with E-state index in [0.717, 1.165) is 33.5 Å². The lowest BCUT2D eigenvalue weighted by atomic mass is 10.1. The van der Waals surface area contributed by atoms with Crippen LogP contribution in [0.5, 0.6) is 5.75 Å². The average Bonchev–Trinajstić information content (AvgIpc) is 3.56. The molecular formula is C31H33N5O5. The molecule has 3 aromatic heterocycles. The number of H-pyrrole nitrogens is 1. The van der Waals surface area contributed by atoms with Crippen molar-refractivity contribution in [2.45, 2.75) is 25.9 Å². The molecule has 41 heavy (non-hydrogen) atoms. The van der Waals surface area contributed by atoms with Crippen LogP contribution >= 0.6 is 0 Å². The molecule has 0 aliphatic heterocycles. The molecule has 0 aliphatic carbocycles. The van der Waals surface area contributed by atoms with Gasteiger partial charge in [0, 0.05) is 42.7 Å². The van der Waals surface area contributed by atoms with Crippen molar-refractivity contribution in [1.82, 2.24) is 14.5 Å². The summed E-state index contributed by atoms with van der Waals surface area (Å²) in [4.78, 5) is 34.0. The fourth-order valence-electron chi connectivity index (χ4n) is 4.93. The van der Waals surface area contributed by atoms with Crippen LogP contribution in [0.4, 0.5) is 11.4 Å². The van der Waals surface area contributed by atoms with E-state index in [1.54, 1.807) is 13.3 Å². The minimum absolute atomic E-state index is 0.139. The van der Waals surface area contributed by atoms with Gasteiger partial charge < -0.3 is 34.4 Å². The fraction of sp³-hybridized carbons (Fsp3) is 0.258. The molecule has 1 amide bonds. The third-order valence-electron chi connectivity index (χ3n) is 6.99. The van der Waals surface area contributed by atoms with E-state index in [9.17, 15) is 9.59 Å². The van der Waals surface area contributed by atoms with Crippen molar-refractivity contribution >= 4 is 45.2 Å². The number of aryl methyl sites for hydroxylation is 2. The molecule has 5 aromatic rings. The predicted molar refractivity (Wildman–Crippen MR) is 159 cm³/mol. The number of hydrogen-bond acceptors (Lipinski definition) is 7. The van der Waals surface area contributed by atoms with Gasteiger partial charge in [0.1, 0.15) is 11.4 Å². The van der Waals surface area contributed by atoms with Crippen LogP contribution in [0.2, 0.25) is 0 Å². The zero-order chi connectivity index (χ0) is 28.8. The van der Waals surface area contributed by atoms with E-state index in [0.29, 0.717) is 36.2 Å². The summed E-state index contributed by atoms with van der Waals surface area (Å²) in [7, 11) is 4.50. The first-order chi connectivity index (χ1) is 20.0. The Labute approximate surface area is 237 Å². The molecular weight excluding hydrogens is 522 g/mol. The van der Waals surface area contributed by atoms with Gasteiger partial charge in [0.15, 0.2) is 5.69 Å². The van der Waals surface area contributed by atoms with Crippen LogP contribution in [0.1, 0.15) is 28.0 Å². The molecule has 3 N–H and O–H groups in total. The SMILES string of the molecule is COCCC(=O)Nc1c(C(=O)OC)n(CCc2c[nH]c3ccccc23)c2ncc(NCc3cccc(OC)c3)cc12.